The lowest BCUT2D eigenvalue weighted by Crippen LogP contribution is -2.22. The molecule has 0 saturated carbocycles. The van der Waals surface area contributed by atoms with Crippen LogP contribution in [0.2, 0.25) is 5.15 Å². The number of nitrogens with zero attached hydrogens (tertiary/aromatic N) is 2. The second-order valence-corrected chi connectivity index (χ2v) is 6.00. The molecule has 1 aromatic carbocycles. The average Bonchev–Trinajstić information content (AvgIpc) is 2.54. The van der Waals surface area contributed by atoms with Gasteiger partial charge in [0.05, 0.1) is 7.11 Å². The number of anilines is 1. The minimum atomic E-state index is -0.360. The van der Waals surface area contributed by atoms with Crippen LogP contribution >= 0.6 is 11.6 Å². The first-order valence-corrected chi connectivity index (χ1v) is 7.89. The Bertz CT molecular complexity index is 735. The van der Waals surface area contributed by atoms with Crippen molar-refractivity contribution in [3.8, 4) is 11.5 Å². The largest absolute Gasteiger partial charge is 0.493 e. The third-order valence-corrected chi connectivity index (χ3v) is 3.54. The second kappa shape index (κ2) is 7.97. The van der Waals surface area contributed by atoms with Gasteiger partial charge in [-0.05, 0) is 30.0 Å². The van der Waals surface area contributed by atoms with Gasteiger partial charge in [-0.2, -0.15) is 0 Å². The Morgan fingerprint density at radius 1 is 1.25 bits per heavy atom. The Morgan fingerprint density at radius 3 is 2.67 bits per heavy atom. The molecule has 0 aliphatic heterocycles. The monoisotopic (exact) mass is 349 g/mol. The molecule has 0 fully saturated rings. The Morgan fingerprint density at radius 2 is 2.00 bits per heavy atom. The number of halogens is 1. The van der Waals surface area contributed by atoms with E-state index < -0.39 is 0 Å². The van der Waals surface area contributed by atoms with Crippen LogP contribution in [0.1, 0.15) is 30.9 Å². The van der Waals surface area contributed by atoms with E-state index >= 15 is 0 Å². The molecule has 2 rings (SSSR count). The third-order valence-electron chi connectivity index (χ3n) is 3.36. The highest BCUT2D eigenvalue weighted by molar-refractivity contribution is 6.29. The van der Waals surface area contributed by atoms with E-state index in [1.807, 2.05) is 25.1 Å². The van der Waals surface area contributed by atoms with Crippen LogP contribution in [0.3, 0.4) is 0 Å². The van der Waals surface area contributed by atoms with Crippen molar-refractivity contribution < 1.29 is 14.3 Å². The van der Waals surface area contributed by atoms with Gasteiger partial charge in [-0.25, -0.2) is 0 Å². The molecule has 24 heavy (non-hydrogen) atoms. The van der Waals surface area contributed by atoms with Crippen LogP contribution in [0.25, 0.3) is 0 Å². The minimum absolute atomic E-state index is 0.142. The van der Waals surface area contributed by atoms with Gasteiger partial charge in [-0.1, -0.05) is 37.6 Å². The molecule has 1 amide bonds. The van der Waals surface area contributed by atoms with E-state index in [1.54, 1.807) is 0 Å². The molecule has 0 bridgehead atoms. The topological polar surface area (TPSA) is 73.3 Å². The van der Waals surface area contributed by atoms with Gasteiger partial charge in [-0.3, -0.25) is 4.79 Å². The number of aromatic nitrogens is 2. The molecule has 0 aliphatic carbocycles. The molecule has 0 spiro atoms. The first-order valence-electron chi connectivity index (χ1n) is 7.51. The van der Waals surface area contributed by atoms with Crippen molar-refractivity contribution in [2.45, 2.75) is 26.7 Å². The van der Waals surface area contributed by atoms with Crippen molar-refractivity contribution in [2.24, 2.45) is 0 Å². The van der Waals surface area contributed by atoms with E-state index in [0.29, 0.717) is 17.4 Å². The summed E-state index contributed by atoms with van der Waals surface area (Å²) in [4.78, 5) is 12.1. The average molecular weight is 350 g/mol. The molecular formula is C17H20ClN3O3. The first kappa shape index (κ1) is 18.0. The number of aryl methyl sites for hydroxylation is 1. The van der Waals surface area contributed by atoms with Crippen molar-refractivity contribution in [3.05, 3.63) is 40.5 Å². The summed E-state index contributed by atoms with van der Waals surface area (Å²) in [5.74, 6) is 1.17. The predicted molar refractivity (Wildman–Crippen MR) is 93.0 cm³/mol. The SMILES string of the molecule is COc1cc(Cl)nnc1NC(=O)COc1cc(C)ccc1C(C)C. The summed E-state index contributed by atoms with van der Waals surface area (Å²) in [5.41, 5.74) is 2.12. The molecule has 1 aromatic heterocycles. The highest BCUT2D eigenvalue weighted by atomic mass is 35.5. The highest BCUT2D eigenvalue weighted by Crippen LogP contribution is 2.27. The number of carbonyl (C=O) groups excluding carboxylic acids is 1. The molecule has 1 N–H and O–H groups in total. The molecular weight excluding hydrogens is 330 g/mol. The predicted octanol–water partition coefficient (Wildman–Crippen LogP) is 3.59. The zero-order chi connectivity index (χ0) is 17.7. The second-order valence-electron chi connectivity index (χ2n) is 5.62. The first-order chi connectivity index (χ1) is 11.4. The van der Waals surface area contributed by atoms with Crippen LogP contribution in [0, 0.1) is 6.92 Å². The summed E-state index contributed by atoms with van der Waals surface area (Å²) in [7, 11) is 1.46. The molecule has 128 valence electrons. The highest BCUT2D eigenvalue weighted by Gasteiger charge is 2.13. The van der Waals surface area contributed by atoms with E-state index in [4.69, 9.17) is 21.1 Å². The smallest absolute Gasteiger partial charge is 0.263 e. The molecule has 7 heteroatoms. The van der Waals surface area contributed by atoms with Crippen LogP contribution in [0.5, 0.6) is 11.5 Å². The molecule has 1 heterocycles. The number of hydrogen-bond donors (Lipinski definition) is 1. The van der Waals surface area contributed by atoms with Gasteiger partial charge >= 0.3 is 0 Å². The van der Waals surface area contributed by atoms with Crippen LogP contribution < -0.4 is 14.8 Å². The number of benzene rings is 1. The maximum Gasteiger partial charge on any atom is 0.263 e. The fourth-order valence-corrected chi connectivity index (χ4v) is 2.29. The van der Waals surface area contributed by atoms with Gasteiger partial charge in [-0.15, -0.1) is 10.2 Å². The molecule has 0 unspecified atom stereocenters. The maximum atomic E-state index is 12.1. The van der Waals surface area contributed by atoms with Gasteiger partial charge in [0.2, 0.25) is 0 Å². The quantitative estimate of drug-likeness (QED) is 0.862. The van der Waals surface area contributed by atoms with E-state index in [-0.39, 0.29) is 23.5 Å². The van der Waals surface area contributed by atoms with Crippen molar-refractivity contribution >= 4 is 23.3 Å². The Balaban J connectivity index is 2.05. The summed E-state index contributed by atoms with van der Waals surface area (Å²) in [5, 5.41) is 10.3. The molecule has 2 aromatic rings. The molecule has 6 nitrogen and oxygen atoms in total. The van der Waals surface area contributed by atoms with Gasteiger partial charge in [0.1, 0.15) is 5.75 Å². The Hall–Kier alpha value is -2.34. The molecule has 0 aliphatic rings. The van der Waals surface area contributed by atoms with Crippen molar-refractivity contribution in [2.75, 3.05) is 19.0 Å². The lowest BCUT2D eigenvalue weighted by atomic mass is 10.0. The number of rotatable bonds is 6. The number of ether oxygens (including phenoxy) is 2. The normalized spacial score (nSPS) is 10.6. The summed E-state index contributed by atoms with van der Waals surface area (Å²) in [6.45, 7) is 5.99. The number of amides is 1. The zero-order valence-electron chi connectivity index (χ0n) is 14.1. The van der Waals surface area contributed by atoms with Crippen molar-refractivity contribution in [1.82, 2.24) is 10.2 Å². The minimum Gasteiger partial charge on any atom is -0.493 e. The van der Waals surface area contributed by atoms with Crippen LogP contribution in [0.15, 0.2) is 24.3 Å². The molecule has 0 radical (unpaired) electrons. The zero-order valence-corrected chi connectivity index (χ0v) is 14.8. The van der Waals surface area contributed by atoms with Crippen molar-refractivity contribution in [3.63, 3.8) is 0 Å². The summed E-state index contributed by atoms with van der Waals surface area (Å²) < 4.78 is 10.8. The van der Waals surface area contributed by atoms with Gasteiger partial charge in [0.15, 0.2) is 23.3 Å². The third kappa shape index (κ3) is 4.58. The number of methoxy groups -OCH3 is 1. The van der Waals surface area contributed by atoms with E-state index in [0.717, 1.165) is 11.1 Å². The van der Waals surface area contributed by atoms with E-state index in [2.05, 4.69) is 29.4 Å². The van der Waals surface area contributed by atoms with Gasteiger partial charge in [0, 0.05) is 6.07 Å². The van der Waals surface area contributed by atoms with Gasteiger partial charge < -0.3 is 14.8 Å². The lowest BCUT2D eigenvalue weighted by molar-refractivity contribution is -0.118. The Kier molecular flexibility index (Phi) is 5.98. The lowest BCUT2D eigenvalue weighted by Gasteiger charge is -2.15. The molecule has 0 saturated heterocycles. The van der Waals surface area contributed by atoms with Crippen LogP contribution in [0.4, 0.5) is 5.82 Å². The standard InChI is InChI=1S/C17H20ClN3O3/c1-10(2)12-6-5-11(3)7-13(12)24-9-16(22)19-17-14(23-4)8-15(18)20-21-17/h5-8,10H,9H2,1-4H3,(H,19,21,22). The van der Waals surface area contributed by atoms with E-state index in [1.165, 1.54) is 13.2 Å². The van der Waals surface area contributed by atoms with E-state index in [9.17, 15) is 4.79 Å². The number of hydrogen-bond acceptors (Lipinski definition) is 5. The number of nitrogens with one attached hydrogen (secondary N) is 1. The van der Waals surface area contributed by atoms with Crippen LogP contribution in [-0.4, -0.2) is 29.8 Å². The Labute approximate surface area is 146 Å². The molecule has 0 atom stereocenters. The van der Waals surface area contributed by atoms with Gasteiger partial charge in [0.25, 0.3) is 5.91 Å². The summed E-state index contributed by atoms with van der Waals surface area (Å²) in [6, 6.07) is 7.44. The number of carbonyl (C=O) groups is 1. The van der Waals surface area contributed by atoms with Crippen molar-refractivity contribution in [1.29, 1.82) is 0 Å². The fraction of sp³-hybridized carbons (Fsp3) is 0.353. The fourth-order valence-electron chi connectivity index (χ4n) is 2.15. The summed E-state index contributed by atoms with van der Waals surface area (Å²) in [6.07, 6.45) is 0. The van der Waals surface area contributed by atoms with Crippen LogP contribution in [-0.2, 0) is 4.79 Å². The summed E-state index contributed by atoms with van der Waals surface area (Å²) >= 11 is 5.74. The maximum absolute atomic E-state index is 12.1.